The molecule has 4 aromatic rings. The Morgan fingerprint density at radius 1 is 1.09 bits per heavy atom. The third-order valence-corrected chi connectivity index (χ3v) is 6.52. The van der Waals surface area contributed by atoms with Crippen LogP contribution in [0.1, 0.15) is 22.3 Å². The molecule has 178 valence electrons. The molecule has 0 radical (unpaired) electrons. The Labute approximate surface area is 203 Å². The monoisotopic (exact) mass is 492 g/mol. The van der Waals surface area contributed by atoms with Gasteiger partial charge in [-0.3, -0.25) is 14.4 Å². The maximum atomic E-state index is 13.0. The van der Waals surface area contributed by atoms with Gasteiger partial charge < -0.3 is 10.4 Å². The summed E-state index contributed by atoms with van der Waals surface area (Å²) in [5.74, 6) is -1.82. The lowest BCUT2D eigenvalue weighted by molar-refractivity contribution is -0.136. The minimum atomic E-state index is -1.01. The summed E-state index contributed by atoms with van der Waals surface area (Å²) in [4.78, 5) is 37.5. The zero-order valence-electron chi connectivity index (χ0n) is 18.6. The van der Waals surface area contributed by atoms with E-state index in [1.807, 2.05) is 13.0 Å². The van der Waals surface area contributed by atoms with E-state index < -0.39 is 17.0 Å². The molecule has 0 aliphatic rings. The van der Waals surface area contributed by atoms with Crippen LogP contribution in [0.4, 0.5) is 10.1 Å². The summed E-state index contributed by atoms with van der Waals surface area (Å²) in [6.07, 6.45) is 0.162. The van der Waals surface area contributed by atoms with Crippen LogP contribution in [0.25, 0.3) is 10.9 Å². The number of carbonyl (C=O) groups is 2. The molecule has 0 bridgehead atoms. The number of hydrogen-bond donors (Lipinski definition) is 2. The zero-order valence-corrected chi connectivity index (χ0v) is 19.5. The van der Waals surface area contributed by atoms with Gasteiger partial charge in [-0.2, -0.15) is 0 Å². The molecule has 35 heavy (non-hydrogen) atoms. The van der Waals surface area contributed by atoms with Crippen molar-refractivity contribution < 1.29 is 19.1 Å². The van der Waals surface area contributed by atoms with Gasteiger partial charge >= 0.3 is 5.97 Å². The van der Waals surface area contributed by atoms with Crippen molar-refractivity contribution in [1.82, 2.24) is 15.0 Å². The lowest BCUT2D eigenvalue weighted by atomic mass is 10.2. The third-order valence-electron chi connectivity index (χ3n) is 5.25. The smallest absolute Gasteiger partial charge is 0.317 e. The van der Waals surface area contributed by atoms with Gasteiger partial charge in [0.15, 0.2) is 0 Å². The second-order valence-electron chi connectivity index (χ2n) is 7.86. The molecule has 0 aliphatic heterocycles. The summed E-state index contributed by atoms with van der Waals surface area (Å²) >= 11 is 1.14. The highest BCUT2D eigenvalue weighted by molar-refractivity contribution is 8.00. The fraction of sp³-hybridized carbons (Fsp3) is 0.160. The van der Waals surface area contributed by atoms with E-state index in [1.165, 1.54) is 28.9 Å². The van der Waals surface area contributed by atoms with Crippen LogP contribution >= 0.6 is 11.8 Å². The van der Waals surface area contributed by atoms with E-state index in [0.29, 0.717) is 27.0 Å². The third kappa shape index (κ3) is 5.90. The Kier molecular flexibility index (Phi) is 7.21. The number of amides is 1. The van der Waals surface area contributed by atoms with Gasteiger partial charge in [-0.15, -0.1) is 16.9 Å². The van der Waals surface area contributed by atoms with Crippen molar-refractivity contribution >= 4 is 40.2 Å². The molecule has 10 heteroatoms. The van der Waals surface area contributed by atoms with Crippen LogP contribution in [0, 0.1) is 12.7 Å². The number of fused-ring (bicyclic) bond motifs is 1. The van der Waals surface area contributed by atoms with E-state index in [9.17, 15) is 23.9 Å². The van der Waals surface area contributed by atoms with E-state index in [4.69, 9.17) is 0 Å². The topological polar surface area (TPSA) is 114 Å². The Bertz CT molecular complexity index is 1440. The number of carboxylic acid groups (broad SMARTS) is 1. The predicted molar refractivity (Wildman–Crippen MR) is 131 cm³/mol. The number of aryl methyl sites for hydroxylation is 2. The molecule has 0 aliphatic carbocycles. The number of aliphatic carboxylic acids is 1. The molecular formula is C25H21FN4O4S. The van der Waals surface area contributed by atoms with Crippen LogP contribution in [-0.4, -0.2) is 37.2 Å². The molecule has 0 fully saturated rings. The largest absolute Gasteiger partial charge is 0.480 e. The van der Waals surface area contributed by atoms with E-state index in [0.717, 1.165) is 17.3 Å². The predicted octanol–water partition coefficient (Wildman–Crippen LogP) is 4.13. The summed E-state index contributed by atoms with van der Waals surface area (Å²) in [6.45, 7) is 1.98. The molecule has 3 aromatic carbocycles. The average molecular weight is 493 g/mol. The fourth-order valence-electron chi connectivity index (χ4n) is 3.39. The Hall–Kier alpha value is -4.05. The average Bonchev–Trinajstić information content (AvgIpc) is 2.84. The first-order chi connectivity index (χ1) is 16.8. The summed E-state index contributed by atoms with van der Waals surface area (Å²) in [5, 5.41) is 20.0. The van der Waals surface area contributed by atoms with Crippen molar-refractivity contribution in [1.29, 1.82) is 0 Å². The fourth-order valence-corrected chi connectivity index (χ4v) is 4.34. The highest BCUT2D eigenvalue weighted by Crippen LogP contribution is 2.27. The van der Waals surface area contributed by atoms with Crippen molar-refractivity contribution in [3.05, 3.63) is 94.0 Å². The molecular weight excluding hydrogens is 471 g/mol. The number of halogens is 1. The van der Waals surface area contributed by atoms with Crippen molar-refractivity contribution in [2.45, 2.75) is 30.0 Å². The van der Waals surface area contributed by atoms with Gasteiger partial charge in [0.25, 0.3) is 11.5 Å². The standard InChI is InChI=1S/C25H21FN4O4S/c1-15-2-11-21-20(14-15)24(32)30(29-28-21)13-12-22(25(33)34)35-19-9-7-18(8-10-19)27-23(31)16-3-5-17(26)6-4-16/h2-11,14,22H,12-13H2,1H3,(H,27,31)(H,33,34). The van der Waals surface area contributed by atoms with Gasteiger partial charge in [0, 0.05) is 22.7 Å². The second kappa shape index (κ2) is 10.5. The van der Waals surface area contributed by atoms with Crippen LogP contribution in [0.5, 0.6) is 0 Å². The number of nitrogens with one attached hydrogen (secondary N) is 1. The van der Waals surface area contributed by atoms with Gasteiger partial charge in [0.05, 0.1) is 5.39 Å². The first-order valence-electron chi connectivity index (χ1n) is 10.7. The molecule has 0 saturated carbocycles. The molecule has 4 rings (SSSR count). The van der Waals surface area contributed by atoms with Crippen LogP contribution in [-0.2, 0) is 11.3 Å². The number of nitrogens with zero attached hydrogens (tertiary/aromatic N) is 3. The van der Waals surface area contributed by atoms with Gasteiger partial charge in [-0.05, 0) is 74.0 Å². The van der Waals surface area contributed by atoms with E-state index in [1.54, 1.807) is 36.4 Å². The van der Waals surface area contributed by atoms with Gasteiger partial charge in [-0.1, -0.05) is 16.8 Å². The molecule has 0 spiro atoms. The summed E-state index contributed by atoms with van der Waals surface area (Å²) in [6, 6.07) is 17.2. The minimum absolute atomic E-state index is 0.103. The quantitative estimate of drug-likeness (QED) is 0.356. The Morgan fingerprint density at radius 2 is 1.80 bits per heavy atom. The van der Waals surface area contributed by atoms with Gasteiger partial charge in [-0.25, -0.2) is 9.07 Å². The van der Waals surface area contributed by atoms with Crippen molar-refractivity contribution in [3.8, 4) is 0 Å². The number of anilines is 1. The summed E-state index contributed by atoms with van der Waals surface area (Å²) in [7, 11) is 0. The Balaban J connectivity index is 1.40. The highest BCUT2D eigenvalue weighted by atomic mass is 32.2. The number of benzene rings is 3. The SMILES string of the molecule is Cc1ccc2nnn(CCC(Sc3ccc(NC(=O)c4ccc(F)cc4)cc3)C(=O)O)c(=O)c2c1. The van der Waals surface area contributed by atoms with Crippen LogP contribution < -0.4 is 10.9 Å². The summed E-state index contributed by atoms with van der Waals surface area (Å²) < 4.78 is 14.2. The van der Waals surface area contributed by atoms with Crippen LogP contribution in [0.2, 0.25) is 0 Å². The van der Waals surface area contributed by atoms with Crippen molar-refractivity contribution in [2.24, 2.45) is 0 Å². The van der Waals surface area contributed by atoms with Gasteiger partial charge in [0.2, 0.25) is 0 Å². The number of thioether (sulfide) groups is 1. The maximum absolute atomic E-state index is 13.0. The van der Waals surface area contributed by atoms with E-state index >= 15 is 0 Å². The van der Waals surface area contributed by atoms with Crippen LogP contribution in [0.15, 0.2) is 76.4 Å². The molecule has 1 heterocycles. The van der Waals surface area contributed by atoms with Crippen LogP contribution in [0.3, 0.4) is 0 Å². The molecule has 8 nitrogen and oxygen atoms in total. The second-order valence-corrected chi connectivity index (χ2v) is 9.13. The van der Waals surface area contributed by atoms with Crippen molar-refractivity contribution in [3.63, 3.8) is 0 Å². The first-order valence-corrected chi connectivity index (χ1v) is 11.6. The normalized spacial score (nSPS) is 11.8. The molecule has 1 unspecified atom stereocenters. The Morgan fingerprint density at radius 3 is 2.49 bits per heavy atom. The molecule has 1 amide bonds. The van der Waals surface area contributed by atoms with Crippen molar-refractivity contribution in [2.75, 3.05) is 5.32 Å². The first kappa shape index (κ1) is 24.1. The highest BCUT2D eigenvalue weighted by Gasteiger charge is 2.20. The molecule has 2 N–H and O–H groups in total. The number of aromatic nitrogens is 3. The molecule has 0 saturated heterocycles. The summed E-state index contributed by atoms with van der Waals surface area (Å²) in [5.41, 5.74) is 1.94. The zero-order chi connectivity index (χ0) is 24.9. The van der Waals surface area contributed by atoms with E-state index in [-0.39, 0.29) is 24.4 Å². The molecule has 1 aromatic heterocycles. The van der Waals surface area contributed by atoms with Gasteiger partial charge in [0.1, 0.15) is 16.6 Å². The maximum Gasteiger partial charge on any atom is 0.317 e. The number of carboxylic acids is 1. The number of carbonyl (C=O) groups excluding carboxylic acids is 1. The number of hydrogen-bond acceptors (Lipinski definition) is 6. The lowest BCUT2D eigenvalue weighted by Crippen LogP contribution is -2.27. The number of rotatable bonds is 8. The van der Waals surface area contributed by atoms with E-state index in [2.05, 4.69) is 15.6 Å². The lowest BCUT2D eigenvalue weighted by Gasteiger charge is -2.13. The minimum Gasteiger partial charge on any atom is -0.480 e. The molecule has 1 atom stereocenters.